The number of hydrogen-bond donors (Lipinski definition) is 2. The average molecular weight is 284 g/mol. The van der Waals surface area contributed by atoms with E-state index in [1.807, 2.05) is 0 Å². The van der Waals surface area contributed by atoms with Crippen LogP contribution in [0.3, 0.4) is 0 Å². The number of aromatic nitrogens is 1. The van der Waals surface area contributed by atoms with Gasteiger partial charge < -0.3 is 0 Å². The average Bonchev–Trinajstić information content (AvgIpc) is 2.41. The van der Waals surface area contributed by atoms with Crippen molar-refractivity contribution in [2.45, 2.75) is 12.5 Å². The van der Waals surface area contributed by atoms with Gasteiger partial charge >= 0.3 is 0 Å². The topological polar surface area (TPSA) is 50.9 Å². The fourth-order valence-electron chi connectivity index (χ4n) is 1.79. The number of hydrazine groups is 1. The normalized spacial score (nSPS) is 12.4. The van der Waals surface area contributed by atoms with Crippen molar-refractivity contribution in [1.29, 1.82) is 0 Å². The molecule has 2 aromatic rings. The van der Waals surface area contributed by atoms with E-state index in [9.17, 15) is 8.78 Å². The summed E-state index contributed by atoms with van der Waals surface area (Å²) >= 11 is 6.03. The Hall–Kier alpha value is -1.56. The van der Waals surface area contributed by atoms with Crippen molar-refractivity contribution in [2.24, 2.45) is 5.84 Å². The molecule has 0 radical (unpaired) electrons. The zero-order valence-electron chi connectivity index (χ0n) is 9.91. The minimum Gasteiger partial charge on any atom is -0.271 e. The largest absolute Gasteiger partial charge is 0.271 e. The van der Waals surface area contributed by atoms with Gasteiger partial charge in [-0.1, -0.05) is 17.7 Å². The van der Waals surface area contributed by atoms with E-state index >= 15 is 0 Å². The summed E-state index contributed by atoms with van der Waals surface area (Å²) < 4.78 is 26.0. The molecule has 0 fully saturated rings. The molecule has 100 valence electrons. The molecule has 0 spiro atoms. The van der Waals surface area contributed by atoms with Gasteiger partial charge in [0.25, 0.3) is 0 Å². The quantitative estimate of drug-likeness (QED) is 0.670. The zero-order valence-corrected chi connectivity index (χ0v) is 10.7. The standard InChI is InChI=1S/C13H12ClF2N3/c14-9-2-1-5-18-13(9)12(19-17)7-8-3-4-10(15)11(16)6-8/h1-6,12,19H,7,17H2. The summed E-state index contributed by atoms with van der Waals surface area (Å²) in [6, 6.07) is 6.74. The van der Waals surface area contributed by atoms with Crippen LogP contribution in [-0.2, 0) is 6.42 Å². The summed E-state index contributed by atoms with van der Waals surface area (Å²) in [7, 11) is 0. The summed E-state index contributed by atoms with van der Waals surface area (Å²) in [5, 5.41) is 0.466. The van der Waals surface area contributed by atoms with Crippen molar-refractivity contribution in [3.63, 3.8) is 0 Å². The van der Waals surface area contributed by atoms with Crippen molar-refractivity contribution >= 4 is 11.6 Å². The van der Waals surface area contributed by atoms with Crippen LogP contribution in [0.15, 0.2) is 36.5 Å². The van der Waals surface area contributed by atoms with Gasteiger partial charge in [-0.25, -0.2) is 8.78 Å². The second kappa shape index (κ2) is 6.06. The molecule has 0 aliphatic carbocycles. The lowest BCUT2D eigenvalue weighted by atomic mass is 10.0. The molecule has 1 heterocycles. The van der Waals surface area contributed by atoms with Crippen LogP contribution in [0.5, 0.6) is 0 Å². The molecule has 1 aromatic carbocycles. The van der Waals surface area contributed by atoms with E-state index < -0.39 is 11.6 Å². The summed E-state index contributed by atoms with van der Waals surface area (Å²) in [5.74, 6) is 3.71. The summed E-state index contributed by atoms with van der Waals surface area (Å²) in [6.45, 7) is 0. The van der Waals surface area contributed by atoms with E-state index in [2.05, 4.69) is 10.4 Å². The molecule has 0 saturated heterocycles. The Morgan fingerprint density at radius 1 is 1.26 bits per heavy atom. The van der Waals surface area contributed by atoms with Gasteiger partial charge in [0.15, 0.2) is 11.6 Å². The monoisotopic (exact) mass is 283 g/mol. The highest BCUT2D eigenvalue weighted by Crippen LogP contribution is 2.23. The first-order valence-electron chi connectivity index (χ1n) is 5.62. The third-order valence-corrected chi connectivity index (χ3v) is 3.06. The Bertz CT molecular complexity index is 578. The number of benzene rings is 1. The van der Waals surface area contributed by atoms with Gasteiger partial charge in [0.1, 0.15) is 0 Å². The van der Waals surface area contributed by atoms with E-state index in [0.717, 1.165) is 12.1 Å². The van der Waals surface area contributed by atoms with Gasteiger partial charge in [0.2, 0.25) is 0 Å². The molecule has 0 saturated carbocycles. The fourth-order valence-corrected chi connectivity index (χ4v) is 2.04. The predicted molar refractivity (Wildman–Crippen MR) is 69.4 cm³/mol. The highest BCUT2D eigenvalue weighted by atomic mass is 35.5. The number of halogens is 3. The molecule has 3 N–H and O–H groups in total. The molecule has 0 aliphatic heterocycles. The molecule has 3 nitrogen and oxygen atoms in total. The van der Waals surface area contributed by atoms with Gasteiger partial charge in [-0.3, -0.25) is 16.3 Å². The molecule has 1 aromatic heterocycles. The van der Waals surface area contributed by atoms with Crippen LogP contribution in [-0.4, -0.2) is 4.98 Å². The minimum absolute atomic E-state index is 0.352. The third kappa shape index (κ3) is 3.26. The first-order valence-corrected chi connectivity index (χ1v) is 6.00. The van der Waals surface area contributed by atoms with Crippen molar-refractivity contribution < 1.29 is 8.78 Å². The SMILES string of the molecule is NNC(Cc1ccc(F)c(F)c1)c1ncccc1Cl. The highest BCUT2D eigenvalue weighted by Gasteiger charge is 2.16. The first-order chi connectivity index (χ1) is 9.11. The third-order valence-electron chi connectivity index (χ3n) is 2.74. The number of nitrogens with one attached hydrogen (secondary N) is 1. The summed E-state index contributed by atoms with van der Waals surface area (Å²) in [5.41, 5.74) is 3.75. The number of rotatable bonds is 4. The Morgan fingerprint density at radius 2 is 2.05 bits per heavy atom. The Morgan fingerprint density at radius 3 is 2.68 bits per heavy atom. The fraction of sp³-hybridized carbons (Fsp3) is 0.154. The Kier molecular flexibility index (Phi) is 4.42. The number of nitrogens with zero attached hydrogens (tertiary/aromatic N) is 1. The van der Waals surface area contributed by atoms with Crippen LogP contribution in [0.25, 0.3) is 0 Å². The molecular weight excluding hydrogens is 272 g/mol. The van der Waals surface area contributed by atoms with Crippen LogP contribution in [0, 0.1) is 11.6 Å². The maximum Gasteiger partial charge on any atom is 0.159 e. The molecular formula is C13H12ClF2N3. The molecule has 19 heavy (non-hydrogen) atoms. The zero-order chi connectivity index (χ0) is 13.8. The molecule has 6 heteroatoms. The van der Waals surface area contributed by atoms with Crippen molar-refractivity contribution in [3.05, 3.63) is 64.4 Å². The van der Waals surface area contributed by atoms with E-state index in [4.69, 9.17) is 17.4 Å². The van der Waals surface area contributed by atoms with Crippen LogP contribution < -0.4 is 11.3 Å². The van der Waals surface area contributed by atoms with Crippen molar-refractivity contribution in [2.75, 3.05) is 0 Å². The van der Waals surface area contributed by atoms with Crippen LogP contribution in [0.2, 0.25) is 5.02 Å². The smallest absolute Gasteiger partial charge is 0.159 e. The molecule has 0 amide bonds. The summed E-state index contributed by atoms with van der Waals surface area (Å²) in [4.78, 5) is 4.14. The second-order valence-corrected chi connectivity index (χ2v) is 4.45. The van der Waals surface area contributed by atoms with Crippen molar-refractivity contribution in [1.82, 2.24) is 10.4 Å². The number of nitrogens with two attached hydrogens (primary N) is 1. The van der Waals surface area contributed by atoms with Gasteiger partial charge in [0.05, 0.1) is 16.8 Å². The Labute approximate surface area is 114 Å². The van der Waals surface area contributed by atoms with E-state index in [0.29, 0.717) is 22.7 Å². The lowest BCUT2D eigenvalue weighted by Gasteiger charge is -2.16. The van der Waals surface area contributed by atoms with Gasteiger partial charge in [0, 0.05) is 6.20 Å². The maximum atomic E-state index is 13.1. The van der Waals surface area contributed by atoms with Crippen LogP contribution >= 0.6 is 11.6 Å². The molecule has 0 aliphatic rings. The van der Waals surface area contributed by atoms with Crippen LogP contribution in [0.4, 0.5) is 8.78 Å². The Balaban J connectivity index is 2.24. The highest BCUT2D eigenvalue weighted by molar-refractivity contribution is 6.31. The molecule has 0 bridgehead atoms. The van der Waals surface area contributed by atoms with E-state index in [1.54, 1.807) is 18.3 Å². The maximum absolute atomic E-state index is 13.1. The van der Waals surface area contributed by atoms with Gasteiger partial charge in [-0.2, -0.15) is 0 Å². The molecule has 2 rings (SSSR count). The first kappa shape index (κ1) is 13.9. The van der Waals surface area contributed by atoms with E-state index in [-0.39, 0.29) is 6.04 Å². The van der Waals surface area contributed by atoms with Crippen molar-refractivity contribution in [3.8, 4) is 0 Å². The number of hydrogen-bond acceptors (Lipinski definition) is 3. The van der Waals surface area contributed by atoms with Gasteiger partial charge in [-0.05, 0) is 36.2 Å². The number of pyridine rings is 1. The van der Waals surface area contributed by atoms with E-state index in [1.165, 1.54) is 6.07 Å². The lowest BCUT2D eigenvalue weighted by molar-refractivity contribution is 0.501. The van der Waals surface area contributed by atoms with Crippen LogP contribution in [0.1, 0.15) is 17.3 Å². The summed E-state index contributed by atoms with van der Waals surface area (Å²) in [6.07, 6.45) is 1.95. The molecule has 1 atom stereocenters. The lowest BCUT2D eigenvalue weighted by Crippen LogP contribution is -2.30. The molecule has 1 unspecified atom stereocenters. The second-order valence-electron chi connectivity index (χ2n) is 4.04. The minimum atomic E-state index is -0.889. The van der Waals surface area contributed by atoms with Gasteiger partial charge in [-0.15, -0.1) is 0 Å². The predicted octanol–water partition coefficient (Wildman–Crippen LogP) is 2.76.